The second kappa shape index (κ2) is 4.72. The molecule has 7 heteroatoms. The van der Waals surface area contributed by atoms with Gasteiger partial charge in [-0.1, -0.05) is 0 Å². The maximum atomic E-state index is 14.0. The molecule has 0 radical (unpaired) electrons. The normalized spacial score (nSPS) is 11.0. The highest BCUT2D eigenvalue weighted by molar-refractivity contribution is 9.12. The lowest BCUT2D eigenvalue weighted by atomic mass is 10.3. The molecule has 0 saturated heterocycles. The molecule has 0 saturated carbocycles. The van der Waals surface area contributed by atoms with Crippen LogP contribution in [0.5, 0.6) is 0 Å². The maximum Gasteiger partial charge on any atom is 0.264 e. The van der Waals surface area contributed by atoms with Crippen molar-refractivity contribution < 1.29 is 9.18 Å². The molecule has 0 spiro atoms. The van der Waals surface area contributed by atoms with Crippen LogP contribution in [-0.4, -0.2) is 12.5 Å². The Morgan fingerprint density at radius 1 is 1.38 bits per heavy atom. The fourth-order valence-corrected chi connectivity index (χ4v) is 5.75. The molecule has 0 bridgehead atoms. The van der Waals surface area contributed by atoms with Gasteiger partial charge >= 0.3 is 0 Å². The summed E-state index contributed by atoms with van der Waals surface area (Å²) in [5.74, 6) is -0.801. The minimum atomic E-state index is -0.445. The molecule has 16 heavy (non-hydrogen) atoms. The Morgan fingerprint density at radius 3 is 2.62 bits per heavy atom. The predicted molar refractivity (Wildman–Crippen MR) is 73.1 cm³/mol. The Balaban J connectivity index is 2.61. The third kappa shape index (κ3) is 1.94. The van der Waals surface area contributed by atoms with E-state index in [2.05, 4.69) is 37.2 Å². The monoisotopic (exact) mass is 385 g/mol. The van der Waals surface area contributed by atoms with Gasteiger partial charge in [0.25, 0.3) is 5.91 Å². The number of nitrogens with one attached hydrogen (secondary N) is 1. The summed E-state index contributed by atoms with van der Waals surface area (Å²) in [6.07, 6.45) is 0. The molecule has 86 valence electrons. The summed E-state index contributed by atoms with van der Waals surface area (Å²) in [5, 5.41) is 3.09. The Morgan fingerprint density at radius 2 is 2.06 bits per heavy atom. The number of fused-ring (bicyclic) bond motifs is 1. The van der Waals surface area contributed by atoms with Gasteiger partial charge in [-0.05, 0) is 38.8 Å². The molecule has 1 N–H and O–H groups in total. The second-order valence-corrected chi connectivity index (χ2v) is 7.64. The third-order valence-electron chi connectivity index (χ3n) is 1.95. The van der Waals surface area contributed by atoms with Crippen LogP contribution in [0.1, 0.15) is 16.6 Å². The van der Waals surface area contributed by atoms with Gasteiger partial charge in [-0.2, -0.15) is 0 Å². The van der Waals surface area contributed by atoms with Crippen LogP contribution in [0.3, 0.4) is 0 Å². The summed E-state index contributed by atoms with van der Waals surface area (Å²) in [6, 6.07) is 0. The smallest absolute Gasteiger partial charge is 0.264 e. The molecule has 0 aromatic carbocycles. The number of halogens is 3. The molecule has 0 fully saturated rings. The molecular weight excluding hydrogens is 381 g/mol. The van der Waals surface area contributed by atoms with Gasteiger partial charge in [0.1, 0.15) is 4.88 Å². The zero-order valence-electron chi connectivity index (χ0n) is 8.07. The van der Waals surface area contributed by atoms with Gasteiger partial charge in [0, 0.05) is 6.54 Å². The molecule has 0 atom stereocenters. The number of hydrogen-bond acceptors (Lipinski definition) is 3. The summed E-state index contributed by atoms with van der Waals surface area (Å²) in [4.78, 5) is 11.7. The Kier molecular flexibility index (Phi) is 3.68. The van der Waals surface area contributed by atoms with E-state index in [0.717, 1.165) is 8.49 Å². The topological polar surface area (TPSA) is 29.1 Å². The van der Waals surface area contributed by atoms with E-state index in [1.54, 1.807) is 6.92 Å². The lowest BCUT2D eigenvalue weighted by molar-refractivity contribution is 0.0956. The van der Waals surface area contributed by atoms with E-state index in [9.17, 15) is 9.18 Å². The Labute approximate surface area is 116 Å². The van der Waals surface area contributed by atoms with Gasteiger partial charge in [0.05, 0.1) is 17.7 Å². The second-order valence-electron chi connectivity index (χ2n) is 2.96. The van der Waals surface area contributed by atoms with Gasteiger partial charge < -0.3 is 5.32 Å². The standard InChI is InChI=1S/C9H6Br2FNOS2/c1-2-13-9(14)6-4(12)3-5(15-6)8(11)16-7(3)10/h2H2,1H3,(H,13,14). The summed E-state index contributed by atoms with van der Waals surface area (Å²) >= 11 is 9.22. The van der Waals surface area contributed by atoms with Crippen LogP contribution >= 0.6 is 54.5 Å². The van der Waals surface area contributed by atoms with Gasteiger partial charge in [-0.25, -0.2) is 4.39 Å². The highest BCUT2D eigenvalue weighted by atomic mass is 79.9. The molecule has 1 amide bonds. The molecular formula is C9H6Br2FNOS2. The first kappa shape index (κ1) is 12.5. The van der Waals surface area contributed by atoms with E-state index in [-0.39, 0.29) is 10.8 Å². The summed E-state index contributed by atoms with van der Waals surface area (Å²) in [7, 11) is 0. The van der Waals surface area contributed by atoms with Crippen LogP contribution in [0.25, 0.3) is 10.1 Å². The molecule has 2 aromatic heterocycles. The lowest BCUT2D eigenvalue weighted by Gasteiger charge is -1.97. The van der Waals surface area contributed by atoms with E-state index in [1.807, 2.05) is 0 Å². The fraction of sp³-hybridized carbons (Fsp3) is 0.222. The van der Waals surface area contributed by atoms with Gasteiger partial charge in [-0.3, -0.25) is 4.79 Å². The largest absolute Gasteiger partial charge is 0.352 e. The van der Waals surface area contributed by atoms with Crippen LogP contribution in [-0.2, 0) is 0 Å². The minimum absolute atomic E-state index is 0.140. The van der Waals surface area contributed by atoms with Crippen LogP contribution in [0.4, 0.5) is 4.39 Å². The van der Waals surface area contributed by atoms with E-state index in [0.29, 0.717) is 15.7 Å². The average Bonchev–Trinajstić information content (AvgIpc) is 2.68. The van der Waals surface area contributed by atoms with E-state index in [1.165, 1.54) is 22.7 Å². The Bertz CT molecular complexity index is 563. The molecule has 0 aliphatic rings. The number of amides is 1. The molecule has 2 aromatic rings. The fourth-order valence-electron chi connectivity index (χ4n) is 1.29. The number of carbonyl (C=O) groups excluding carboxylic acids is 1. The molecule has 0 unspecified atom stereocenters. The molecule has 2 nitrogen and oxygen atoms in total. The van der Waals surface area contributed by atoms with E-state index in [4.69, 9.17) is 0 Å². The van der Waals surface area contributed by atoms with Crippen molar-refractivity contribution in [3.05, 3.63) is 18.3 Å². The summed E-state index contributed by atoms with van der Waals surface area (Å²) < 4.78 is 16.3. The lowest BCUT2D eigenvalue weighted by Crippen LogP contribution is -2.22. The number of thiophene rings is 2. The Hall–Kier alpha value is 0.0200. The minimum Gasteiger partial charge on any atom is -0.352 e. The third-order valence-corrected chi connectivity index (χ3v) is 6.05. The first-order valence-electron chi connectivity index (χ1n) is 4.40. The predicted octanol–water partition coefficient (Wildman–Crippen LogP) is 4.38. The zero-order valence-corrected chi connectivity index (χ0v) is 12.9. The van der Waals surface area contributed by atoms with E-state index >= 15 is 0 Å². The first-order valence-corrected chi connectivity index (χ1v) is 7.62. The van der Waals surface area contributed by atoms with Crippen molar-refractivity contribution in [3.8, 4) is 0 Å². The average molecular weight is 387 g/mol. The summed E-state index contributed by atoms with van der Waals surface area (Å²) in [5.41, 5.74) is 0. The van der Waals surface area contributed by atoms with Crippen molar-refractivity contribution in [1.82, 2.24) is 5.32 Å². The van der Waals surface area contributed by atoms with E-state index < -0.39 is 5.82 Å². The van der Waals surface area contributed by atoms with Crippen molar-refractivity contribution in [1.29, 1.82) is 0 Å². The number of rotatable bonds is 2. The van der Waals surface area contributed by atoms with Gasteiger partial charge in [0.2, 0.25) is 0 Å². The first-order chi connectivity index (χ1) is 7.56. The van der Waals surface area contributed by atoms with Crippen LogP contribution in [0, 0.1) is 5.82 Å². The highest BCUT2D eigenvalue weighted by Crippen LogP contribution is 2.45. The van der Waals surface area contributed by atoms with Crippen molar-refractivity contribution in [2.75, 3.05) is 6.54 Å². The van der Waals surface area contributed by atoms with Crippen LogP contribution < -0.4 is 5.32 Å². The maximum absolute atomic E-state index is 14.0. The highest BCUT2D eigenvalue weighted by Gasteiger charge is 2.23. The van der Waals surface area contributed by atoms with Crippen molar-refractivity contribution >= 4 is 70.5 Å². The quantitative estimate of drug-likeness (QED) is 0.815. The van der Waals surface area contributed by atoms with Crippen LogP contribution in [0.15, 0.2) is 7.57 Å². The molecule has 0 aliphatic heterocycles. The van der Waals surface area contributed by atoms with Crippen molar-refractivity contribution in [2.24, 2.45) is 0 Å². The van der Waals surface area contributed by atoms with Gasteiger partial charge in [0.15, 0.2) is 5.82 Å². The van der Waals surface area contributed by atoms with Crippen molar-refractivity contribution in [2.45, 2.75) is 6.92 Å². The SMILES string of the molecule is CCNC(=O)c1sc2c(Br)sc(Br)c2c1F. The van der Waals surface area contributed by atoms with Gasteiger partial charge in [-0.15, -0.1) is 22.7 Å². The number of carbonyl (C=O) groups is 1. The van der Waals surface area contributed by atoms with Crippen LogP contribution in [0.2, 0.25) is 0 Å². The molecule has 2 rings (SSSR count). The number of hydrogen-bond donors (Lipinski definition) is 1. The van der Waals surface area contributed by atoms with Crippen molar-refractivity contribution in [3.63, 3.8) is 0 Å². The summed E-state index contributed by atoms with van der Waals surface area (Å²) in [6.45, 7) is 2.29. The zero-order chi connectivity index (χ0) is 11.9. The molecule has 2 heterocycles. The molecule has 0 aliphatic carbocycles.